The lowest BCUT2D eigenvalue weighted by molar-refractivity contribution is -0.385. The van der Waals surface area contributed by atoms with Gasteiger partial charge in [-0.25, -0.2) is 0 Å². The van der Waals surface area contributed by atoms with Crippen molar-refractivity contribution in [1.82, 2.24) is 4.90 Å². The van der Waals surface area contributed by atoms with Gasteiger partial charge in [0, 0.05) is 12.1 Å². The monoisotopic (exact) mass is 272 g/mol. The number of hydrogen-bond acceptors (Lipinski definition) is 3. The number of para-hydroxylation sites is 1. The molecule has 0 heterocycles. The van der Waals surface area contributed by atoms with E-state index in [1.54, 1.807) is 19.1 Å². The Morgan fingerprint density at radius 2 is 2.25 bits per heavy atom. The third-order valence-corrected chi connectivity index (χ3v) is 3.40. The van der Waals surface area contributed by atoms with Crippen molar-refractivity contribution in [2.45, 2.75) is 19.8 Å². The maximum absolute atomic E-state index is 12.5. The summed E-state index contributed by atoms with van der Waals surface area (Å²) in [6, 6.07) is 4.77. The number of hydrogen-bond donors (Lipinski definition) is 0. The molecule has 1 fully saturated rings. The Balaban J connectivity index is 2.33. The molecule has 5 nitrogen and oxygen atoms in total. The van der Waals surface area contributed by atoms with Gasteiger partial charge in [0.25, 0.3) is 11.6 Å². The number of carbonyl (C=O) groups is 1. The zero-order valence-corrected chi connectivity index (χ0v) is 11.3. The third kappa shape index (κ3) is 2.97. The van der Waals surface area contributed by atoms with Gasteiger partial charge in [-0.1, -0.05) is 18.1 Å². The molecule has 1 amide bonds. The van der Waals surface area contributed by atoms with Crippen LogP contribution in [0.2, 0.25) is 0 Å². The summed E-state index contributed by atoms with van der Waals surface area (Å²) in [5.74, 6) is 2.58. The molecule has 2 rings (SSSR count). The molecule has 1 aromatic carbocycles. The van der Waals surface area contributed by atoms with E-state index in [0.717, 1.165) is 12.8 Å². The number of nitro groups is 1. The molecule has 1 aromatic rings. The van der Waals surface area contributed by atoms with Crippen molar-refractivity contribution in [2.75, 3.05) is 13.1 Å². The summed E-state index contributed by atoms with van der Waals surface area (Å²) < 4.78 is 0. The molecule has 0 aromatic heterocycles. The van der Waals surface area contributed by atoms with Crippen molar-refractivity contribution in [2.24, 2.45) is 5.92 Å². The predicted octanol–water partition coefficient (Wildman–Crippen LogP) is 2.39. The van der Waals surface area contributed by atoms with Crippen molar-refractivity contribution in [3.8, 4) is 12.3 Å². The number of terminal acetylenes is 1. The van der Waals surface area contributed by atoms with Gasteiger partial charge in [0.15, 0.2) is 0 Å². The SMILES string of the molecule is C#CCN(CC1CC1)C(=O)c1cccc(C)c1[N+](=O)[O-]. The fourth-order valence-corrected chi connectivity index (χ4v) is 2.19. The summed E-state index contributed by atoms with van der Waals surface area (Å²) in [6.07, 6.45) is 7.47. The molecular weight excluding hydrogens is 256 g/mol. The van der Waals surface area contributed by atoms with Crippen molar-refractivity contribution < 1.29 is 9.72 Å². The minimum Gasteiger partial charge on any atom is -0.327 e. The number of nitro benzene ring substituents is 1. The van der Waals surface area contributed by atoms with Gasteiger partial charge in [-0.05, 0) is 31.7 Å². The number of carbonyl (C=O) groups excluding carboxylic acids is 1. The highest BCUT2D eigenvalue weighted by Crippen LogP contribution is 2.31. The Labute approximate surface area is 117 Å². The molecule has 0 radical (unpaired) electrons. The number of rotatable bonds is 5. The van der Waals surface area contributed by atoms with E-state index in [4.69, 9.17) is 6.42 Å². The highest BCUT2D eigenvalue weighted by molar-refractivity contribution is 5.98. The minimum absolute atomic E-state index is 0.117. The average Bonchev–Trinajstić information content (AvgIpc) is 3.20. The van der Waals surface area contributed by atoms with E-state index in [2.05, 4.69) is 5.92 Å². The fraction of sp³-hybridized carbons (Fsp3) is 0.400. The van der Waals surface area contributed by atoms with Crippen LogP contribution in [0.1, 0.15) is 28.8 Å². The van der Waals surface area contributed by atoms with Crippen LogP contribution < -0.4 is 0 Å². The molecule has 1 saturated carbocycles. The van der Waals surface area contributed by atoms with Crippen molar-refractivity contribution in [3.05, 3.63) is 39.4 Å². The standard InChI is InChI=1S/C15H16N2O3/c1-3-9-16(10-12-7-8-12)15(18)13-6-4-5-11(2)14(13)17(19)20/h1,4-6,12H,7-10H2,2H3. The molecule has 0 saturated heterocycles. The minimum atomic E-state index is -0.506. The Bertz CT molecular complexity index is 585. The first-order chi connectivity index (χ1) is 9.54. The number of nitrogens with zero attached hydrogens (tertiary/aromatic N) is 2. The summed E-state index contributed by atoms with van der Waals surface area (Å²) in [5, 5.41) is 11.2. The number of amides is 1. The highest BCUT2D eigenvalue weighted by Gasteiger charge is 2.30. The number of benzene rings is 1. The van der Waals surface area contributed by atoms with Gasteiger partial charge in [-0.3, -0.25) is 14.9 Å². The summed E-state index contributed by atoms with van der Waals surface area (Å²) in [6.45, 7) is 2.38. The molecule has 5 heteroatoms. The molecule has 0 N–H and O–H groups in total. The van der Waals surface area contributed by atoms with E-state index < -0.39 is 4.92 Å². The van der Waals surface area contributed by atoms with Crippen molar-refractivity contribution in [3.63, 3.8) is 0 Å². The van der Waals surface area contributed by atoms with Gasteiger partial charge >= 0.3 is 0 Å². The van der Waals surface area contributed by atoms with Gasteiger partial charge < -0.3 is 4.90 Å². The molecule has 1 aliphatic rings. The predicted molar refractivity (Wildman–Crippen MR) is 75.3 cm³/mol. The smallest absolute Gasteiger partial charge is 0.285 e. The van der Waals surface area contributed by atoms with Crippen LogP contribution in [0.4, 0.5) is 5.69 Å². The molecule has 1 aliphatic carbocycles. The van der Waals surface area contributed by atoms with E-state index in [1.807, 2.05) is 0 Å². The molecule has 0 bridgehead atoms. The van der Waals surface area contributed by atoms with Gasteiger partial charge in [-0.2, -0.15) is 0 Å². The second-order valence-corrected chi connectivity index (χ2v) is 5.06. The lowest BCUT2D eigenvalue weighted by Crippen LogP contribution is -2.33. The lowest BCUT2D eigenvalue weighted by atomic mass is 10.1. The normalized spacial score (nSPS) is 13.6. The molecule has 0 atom stereocenters. The molecular formula is C15H16N2O3. The van der Waals surface area contributed by atoms with Gasteiger partial charge in [0.05, 0.1) is 11.5 Å². The van der Waals surface area contributed by atoms with E-state index in [-0.39, 0.29) is 23.7 Å². The summed E-state index contributed by atoms with van der Waals surface area (Å²) in [5.41, 5.74) is 0.467. The second kappa shape index (κ2) is 5.74. The zero-order chi connectivity index (χ0) is 14.7. The van der Waals surface area contributed by atoms with Crippen LogP contribution in [0, 0.1) is 35.3 Å². The van der Waals surface area contributed by atoms with Crippen LogP contribution in [0.15, 0.2) is 18.2 Å². The average molecular weight is 272 g/mol. The van der Waals surface area contributed by atoms with Crippen LogP contribution in [0.3, 0.4) is 0 Å². The zero-order valence-electron chi connectivity index (χ0n) is 11.3. The van der Waals surface area contributed by atoms with E-state index >= 15 is 0 Å². The van der Waals surface area contributed by atoms with Crippen LogP contribution in [0.5, 0.6) is 0 Å². The first kappa shape index (κ1) is 14.1. The fourth-order valence-electron chi connectivity index (χ4n) is 2.19. The second-order valence-electron chi connectivity index (χ2n) is 5.06. The van der Waals surface area contributed by atoms with E-state index in [0.29, 0.717) is 18.0 Å². The molecule has 20 heavy (non-hydrogen) atoms. The Morgan fingerprint density at radius 3 is 2.80 bits per heavy atom. The molecule has 0 unspecified atom stereocenters. The van der Waals surface area contributed by atoms with Gasteiger partial charge in [-0.15, -0.1) is 6.42 Å². The molecule has 0 spiro atoms. The maximum atomic E-state index is 12.5. The summed E-state index contributed by atoms with van der Waals surface area (Å²) >= 11 is 0. The first-order valence-corrected chi connectivity index (χ1v) is 6.51. The van der Waals surface area contributed by atoms with E-state index in [1.165, 1.54) is 11.0 Å². The summed E-state index contributed by atoms with van der Waals surface area (Å²) in [4.78, 5) is 24.7. The van der Waals surface area contributed by atoms with Gasteiger partial charge in [0.1, 0.15) is 5.56 Å². The van der Waals surface area contributed by atoms with Crippen LogP contribution in [-0.2, 0) is 0 Å². The first-order valence-electron chi connectivity index (χ1n) is 6.51. The van der Waals surface area contributed by atoms with Gasteiger partial charge in [0.2, 0.25) is 0 Å². The van der Waals surface area contributed by atoms with Crippen LogP contribution >= 0.6 is 0 Å². The van der Waals surface area contributed by atoms with Crippen LogP contribution in [-0.4, -0.2) is 28.8 Å². The maximum Gasteiger partial charge on any atom is 0.285 e. The quantitative estimate of drug-likeness (QED) is 0.469. The molecule has 0 aliphatic heterocycles. The Morgan fingerprint density at radius 1 is 1.55 bits per heavy atom. The highest BCUT2D eigenvalue weighted by atomic mass is 16.6. The number of aryl methyl sites for hydroxylation is 1. The largest absolute Gasteiger partial charge is 0.327 e. The Kier molecular flexibility index (Phi) is 4.04. The molecule has 104 valence electrons. The van der Waals surface area contributed by atoms with Crippen LogP contribution in [0.25, 0.3) is 0 Å². The van der Waals surface area contributed by atoms with Crippen molar-refractivity contribution in [1.29, 1.82) is 0 Å². The summed E-state index contributed by atoms with van der Waals surface area (Å²) in [7, 11) is 0. The third-order valence-electron chi connectivity index (χ3n) is 3.40. The lowest BCUT2D eigenvalue weighted by Gasteiger charge is -2.20. The van der Waals surface area contributed by atoms with Crippen molar-refractivity contribution >= 4 is 11.6 Å². The topological polar surface area (TPSA) is 63.5 Å². The Hall–Kier alpha value is -2.35. The van der Waals surface area contributed by atoms with E-state index in [9.17, 15) is 14.9 Å².